The number of halogens is 1. The predicted molar refractivity (Wildman–Crippen MR) is 75.3 cm³/mol. The molecule has 17 heavy (non-hydrogen) atoms. The molecule has 1 saturated carbocycles. The van der Waals surface area contributed by atoms with E-state index in [2.05, 4.69) is 45.1 Å². The lowest BCUT2D eigenvalue weighted by Gasteiger charge is -2.26. The molecule has 1 aromatic rings. The third-order valence-corrected chi connectivity index (χ3v) is 4.69. The molecule has 1 saturated heterocycles. The summed E-state index contributed by atoms with van der Waals surface area (Å²) in [6.45, 7) is 4.01. The van der Waals surface area contributed by atoms with E-state index in [1.807, 2.05) is 0 Å². The number of likely N-dealkylation sites (tertiary alicyclic amines) is 1. The number of benzene rings is 1. The van der Waals surface area contributed by atoms with Gasteiger partial charge in [-0.25, -0.2) is 0 Å². The van der Waals surface area contributed by atoms with Crippen LogP contribution in [0.4, 0.5) is 0 Å². The number of hydrogen-bond donors (Lipinski definition) is 0. The fraction of sp³-hybridized carbons (Fsp3) is 0.600. The SMILES string of the molecule is Brc1ccc([C@@H]2C[C@H]2CN2CCCCC2)cc1. The molecule has 3 rings (SSSR count). The van der Waals surface area contributed by atoms with Gasteiger partial charge in [0.15, 0.2) is 0 Å². The summed E-state index contributed by atoms with van der Waals surface area (Å²) in [5, 5.41) is 0. The lowest BCUT2D eigenvalue weighted by Crippen LogP contribution is -2.31. The van der Waals surface area contributed by atoms with Gasteiger partial charge in [-0.2, -0.15) is 0 Å². The molecule has 2 atom stereocenters. The van der Waals surface area contributed by atoms with E-state index in [0.29, 0.717) is 0 Å². The largest absolute Gasteiger partial charge is 0.303 e. The molecule has 0 spiro atoms. The number of hydrogen-bond acceptors (Lipinski definition) is 1. The van der Waals surface area contributed by atoms with Crippen molar-refractivity contribution in [2.75, 3.05) is 19.6 Å². The van der Waals surface area contributed by atoms with E-state index in [1.54, 1.807) is 0 Å². The van der Waals surface area contributed by atoms with Crippen molar-refractivity contribution < 1.29 is 0 Å². The van der Waals surface area contributed by atoms with Crippen molar-refractivity contribution in [1.82, 2.24) is 4.90 Å². The molecule has 0 unspecified atom stereocenters. The summed E-state index contributed by atoms with van der Waals surface area (Å²) >= 11 is 3.50. The van der Waals surface area contributed by atoms with Crippen LogP contribution in [0.5, 0.6) is 0 Å². The zero-order valence-electron chi connectivity index (χ0n) is 10.2. The van der Waals surface area contributed by atoms with Gasteiger partial charge < -0.3 is 4.90 Å². The first-order chi connectivity index (χ1) is 8.33. The molecule has 0 radical (unpaired) electrons. The van der Waals surface area contributed by atoms with E-state index < -0.39 is 0 Å². The Morgan fingerprint density at radius 2 is 1.76 bits per heavy atom. The van der Waals surface area contributed by atoms with Gasteiger partial charge >= 0.3 is 0 Å². The third-order valence-electron chi connectivity index (χ3n) is 4.16. The van der Waals surface area contributed by atoms with Gasteiger partial charge in [0, 0.05) is 11.0 Å². The van der Waals surface area contributed by atoms with Crippen LogP contribution in [0.2, 0.25) is 0 Å². The monoisotopic (exact) mass is 293 g/mol. The van der Waals surface area contributed by atoms with E-state index in [1.165, 1.54) is 55.4 Å². The maximum Gasteiger partial charge on any atom is 0.0175 e. The first kappa shape index (κ1) is 11.7. The van der Waals surface area contributed by atoms with Crippen molar-refractivity contribution in [2.24, 2.45) is 5.92 Å². The summed E-state index contributed by atoms with van der Waals surface area (Å²) in [5.41, 5.74) is 1.54. The molecular formula is C15H20BrN. The Balaban J connectivity index is 1.53. The first-order valence-electron chi connectivity index (χ1n) is 6.81. The number of nitrogens with zero attached hydrogens (tertiary/aromatic N) is 1. The van der Waals surface area contributed by atoms with Gasteiger partial charge in [0.1, 0.15) is 0 Å². The molecule has 1 heterocycles. The van der Waals surface area contributed by atoms with Gasteiger partial charge in [0.2, 0.25) is 0 Å². The maximum absolute atomic E-state index is 3.50. The van der Waals surface area contributed by atoms with E-state index in [4.69, 9.17) is 0 Å². The fourth-order valence-corrected chi connectivity index (χ4v) is 3.31. The Kier molecular flexibility index (Phi) is 3.53. The molecule has 2 aliphatic rings. The van der Waals surface area contributed by atoms with E-state index in [9.17, 15) is 0 Å². The Morgan fingerprint density at radius 3 is 2.47 bits per heavy atom. The molecule has 0 aromatic heterocycles. The van der Waals surface area contributed by atoms with Crippen LogP contribution in [-0.4, -0.2) is 24.5 Å². The molecule has 92 valence electrons. The quantitative estimate of drug-likeness (QED) is 0.813. The van der Waals surface area contributed by atoms with Crippen LogP contribution in [0.3, 0.4) is 0 Å². The maximum atomic E-state index is 3.50. The predicted octanol–water partition coefficient (Wildman–Crippen LogP) is 4.04. The average Bonchev–Trinajstić information content (AvgIpc) is 3.11. The van der Waals surface area contributed by atoms with Crippen LogP contribution < -0.4 is 0 Å². The van der Waals surface area contributed by atoms with Crippen molar-refractivity contribution in [3.63, 3.8) is 0 Å². The van der Waals surface area contributed by atoms with Gasteiger partial charge in [0.25, 0.3) is 0 Å². The summed E-state index contributed by atoms with van der Waals surface area (Å²) in [5.74, 6) is 1.76. The summed E-state index contributed by atoms with van der Waals surface area (Å²) in [4.78, 5) is 2.67. The fourth-order valence-electron chi connectivity index (χ4n) is 3.04. The van der Waals surface area contributed by atoms with Crippen molar-refractivity contribution in [3.05, 3.63) is 34.3 Å². The minimum absolute atomic E-state index is 0.838. The van der Waals surface area contributed by atoms with Gasteiger partial charge in [-0.3, -0.25) is 0 Å². The van der Waals surface area contributed by atoms with Crippen LogP contribution in [0.15, 0.2) is 28.7 Å². The first-order valence-corrected chi connectivity index (χ1v) is 7.60. The van der Waals surface area contributed by atoms with Gasteiger partial charge in [0.05, 0.1) is 0 Å². The molecular weight excluding hydrogens is 274 g/mol. The summed E-state index contributed by atoms with van der Waals surface area (Å²) in [6, 6.07) is 8.91. The van der Waals surface area contributed by atoms with Crippen molar-refractivity contribution in [1.29, 1.82) is 0 Å². The molecule has 1 aromatic carbocycles. The highest BCUT2D eigenvalue weighted by Crippen LogP contribution is 2.48. The smallest absolute Gasteiger partial charge is 0.0175 e. The zero-order chi connectivity index (χ0) is 11.7. The lowest BCUT2D eigenvalue weighted by atomic mass is 10.1. The van der Waals surface area contributed by atoms with E-state index >= 15 is 0 Å². The van der Waals surface area contributed by atoms with E-state index in [-0.39, 0.29) is 0 Å². The molecule has 0 amide bonds. The standard InChI is InChI=1S/C15H20BrN/c16-14-6-4-12(5-7-14)15-10-13(15)11-17-8-2-1-3-9-17/h4-7,13,15H,1-3,8-11H2/t13-,15-/m0/s1. The third kappa shape index (κ3) is 2.92. The van der Waals surface area contributed by atoms with Gasteiger partial charge in [-0.05, 0) is 61.9 Å². The van der Waals surface area contributed by atoms with Gasteiger partial charge in [-0.1, -0.05) is 34.5 Å². The molecule has 1 aliphatic heterocycles. The Morgan fingerprint density at radius 1 is 1.06 bits per heavy atom. The van der Waals surface area contributed by atoms with Crippen LogP contribution in [0, 0.1) is 5.92 Å². The Hall–Kier alpha value is -0.340. The van der Waals surface area contributed by atoms with Crippen LogP contribution in [-0.2, 0) is 0 Å². The second-order valence-electron chi connectivity index (χ2n) is 5.52. The van der Waals surface area contributed by atoms with Crippen LogP contribution in [0.1, 0.15) is 37.2 Å². The summed E-state index contributed by atoms with van der Waals surface area (Å²) < 4.78 is 1.19. The second kappa shape index (κ2) is 5.11. The molecule has 1 nitrogen and oxygen atoms in total. The average molecular weight is 294 g/mol. The molecule has 1 aliphatic carbocycles. The molecule has 0 bridgehead atoms. The zero-order valence-corrected chi connectivity index (χ0v) is 11.8. The topological polar surface area (TPSA) is 3.24 Å². The Bertz CT molecular complexity index is 367. The second-order valence-corrected chi connectivity index (χ2v) is 6.43. The molecule has 0 N–H and O–H groups in total. The summed E-state index contributed by atoms with van der Waals surface area (Å²) in [7, 11) is 0. The number of rotatable bonds is 3. The lowest BCUT2D eigenvalue weighted by molar-refractivity contribution is 0.219. The highest BCUT2D eigenvalue weighted by Gasteiger charge is 2.39. The van der Waals surface area contributed by atoms with Crippen LogP contribution in [0.25, 0.3) is 0 Å². The highest BCUT2D eigenvalue weighted by molar-refractivity contribution is 9.10. The highest BCUT2D eigenvalue weighted by atomic mass is 79.9. The van der Waals surface area contributed by atoms with Crippen molar-refractivity contribution in [2.45, 2.75) is 31.6 Å². The normalized spacial score (nSPS) is 29.2. The summed E-state index contributed by atoms with van der Waals surface area (Å²) in [6.07, 6.45) is 5.67. The Labute approximate surface area is 112 Å². The molecule has 2 fully saturated rings. The van der Waals surface area contributed by atoms with E-state index in [0.717, 1.165) is 11.8 Å². The number of piperidine rings is 1. The van der Waals surface area contributed by atoms with Crippen LogP contribution >= 0.6 is 15.9 Å². The van der Waals surface area contributed by atoms with Crippen molar-refractivity contribution >= 4 is 15.9 Å². The minimum atomic E-state index is 0.838. The van der Waals surface area contributed by atoms with Gasteiger partial charge in [-0.15, -0.1) is 0 Å². The van der Waals surface area contributed by atoms with Crippen molar-refractivity contribution in [3.8, 4) is 0 Å². The minimum Gasteiger partial charge on any atom is -0.303 e. The molecule has 2 heteroatoms.